The molecular weight excluding hydrogens is 222 g/mol. The second kappa shape index (κ2) is 5.89. The fourth-order valence-electron chi connectivity index (χ4n) is 2.23. The van der Waals surface area contributed by atoms with Crippen molar-refractivity contribution in [3.05, 3.63) is 0 Å². The number of hydrogen-bond donors (Lipinski definition) is 1. The molecule has 2 aliphatic heterocycles. The van der Waals surface area contributed by atoms with Gasteiger partial charge in [0.15, 0.2) is 0 Å². The molecule has 0 aromatic carbocycles. The minimum atomic E-state index is 0.0620. The highest BCUT2D eigenvalue weighted by Gasteiger charge is 2.27. The van der Waals surface area contributed by atoms with E-state index in [1.54, 1.807) is 0 Å². The summed E-state index contributed by atoms with van der Waals surface area (Å²) in [6.45, 7) is 8.10. The number of hydrogen-bond acceptors (Lipinski definition) is 4. The third-order valence-electron chi connectivity index (χ3n) is 3.35. The Hall–Kier alpha value is -0.260. The van der Waals surface area contributed by atoms with Gasteiger partial charge in [0.05, 0.1) is 6.04 Å². The van der Waals surface area contributed by atoms with Gasteiger partial charge in [0.25, 0.3) is 0 Å². The Morgan fingerprint density at radius 2 is 2.12 bits per heavy atom. The average molecular weight is 243 g/mol. The highest BCUT2D eigenvalue weighted by molar-refractivity contribution is 7.99. The van der Waals surface area contributed by atoms with Crippen LogP contribution >= 0.6 is 11.8 Å². The average Bonchev–Trinajstić information content (AvgIpc) is 2.39. The van der Waals surface area contributed by atoms with E-state index in [9.17, 15) is 4.79 Å². The van der Waals surface area contributed by atoms with Gasteiger partial charge in [-0.15, -0.1) is 0 Å². The number of thioether (sulfide) groups is 1. The SMILES string of the molecule is CCN1CCN(C(=O)C2CSCCN2)CC1. The molecule has 2 saturated heterocycles. The summed E-state index contributed by atoms with van der Waals surface area (Å²) in [4.78, 5) is 16.6. The number of carbonyl (C=O) groups excluding carboxylic acids is 1. The van der Waals surface area contributed by atoms with Gasteiger partial charge in [-0.3, -0.25) is 4.79 Å². The molecule has 1 atom stereocenters. The van der Waals surface area contributed by atoms with Gasteiger partial charge in [-0.25, -0.2) is 0 Å². The molecule has 1 amide bonds. The van der Waals surface area contributed by atoms with Crippen molar-refractivity contribution in [2.45, 2.75) is 13.0 Å². The Kier molecular flexibility index (Phi) is 4.49. The minimum absolute atomic E-state index is 0.0620. The van der Waals surface area contributed by atoms with Crippen LogP contribution in [0.5, 0.6) is 0 Å². The molecule has 0 aromatic rings. The van der Waals surface area contributed by atoms with Crippen LogP contribution in [0.25, 0.3) is 0 Å². The van der Waals surface area contributed by atoms with Gasteiger partial charge in [-0.1, -0.05) is 6.92 Å². The summed E-state index contributed by atoms with van der Waals surface area (Å²) in [5.74, 6) is 2.38. The zero-order chi connectivity index (χ0) is 11.4. The van der Waals surface area contributed by atoms with Gasteiger partial charge in [-0.05, 0) is 6.54 Å². The van der Waals surface area contributed by atoms with Crippen molar-refractivity contribution < 1.29 is 4.79 Å². The molecule has 0 saturated carbocycles. The Morgan fingerprint density at radius 3 is 2.69 bits per heavy atom. The number of carbonyl (C=O) groups is 1. The van der Waals surface area contributed by atoms with Gasteiger partial charge in [0.2, 0.25) is 5.91 Å². The van der Waals surface area contributed by atoms with E-state index in [-0.39, 0.29) is 6.04 Å². The molecule has 1 unspecified atom stereocenters. The van der Waals surface area contributed by atoms with E-state index in [1.165, 1.54) is 0 Å². The first-order valence-electron chi connectivity index (χ1n) is 6.13. The molecule has 0 radical (unpaired) electrons. The highest BCUT2D eigenvalue weighted by Crippen LogP contribution is 2.11. The summed E-state index contributed by atoms with van der Waals surface area (Å²) < 4.78 is 0. The molecule has 2 fully saturated rings. The van der Waals surface area contributed by atoms with E-state index in [0.717, 1.165) is 50.8 Å². The van der Waals surface area contributed by atoms with Gasteiger partial charge >= 0.3 is 0 Å². The van der Waals surface area contributed by atoms with Crippen LogP contribution in [-0.4, -0.2) is 72.5 Å². The van der Waals surface area contributed by atoms with Gasteiger partial charge in [0.1, 0.15) is 0 Å². The molecule has 2 heterocycles. The predicted octanol–water partition coefficient (Wildman–Crippen LogP) is -0.144. The zero-order valence-electron chi connectivity index (χ0n) is 9.95. The Balaban J connectivity index is 1.81. The number of likely N-dealkylation sites (N-methyl/N-ethyl adjacent to an activating group) is 1. The van der Waals surface area contributed by atoms with Gasteiger partial charge in [0, 0.05) is 44.2 Å². The van der Waals surface area contributed by atoms with E-state index < -0.39 is 0 Å². The summed E-state index contributed by atoms with van der Waals surface area (Å²) in [5.41, 5.74) is 0. The lowest BCUT2D eigenvalue weighted by molar-refractivity contribution is -0.134. The lowest BCUT2D eigenvalue weighted by Crippen LogP contribution is -2.56. The maximum absolute atomic E-state index is 12.2. The fraction of sp³-hybridized carbons (Fsp3) is 0.909. The van der Waals surface area contributed by atoms with Crippen molar-refractivity contribution in [3.63, 3.8) is 0 Å². The Morgan fingerprint density at radius 1 is 1.38 bits per heavy atom. The van der Waals surface area contributed by atoms with E-state index in [4.69, 9.17) is 0 Å². The van der Waals surface area contributed by atoms with E-state index in [1.807, 2.05) is 16.7 Å². The molecule has 0 bridgehead atoms. The summed E-state index contributed by atoms with van der Waals surface area (Å²) >= 11 is 1.88. The lowest BCUT2D eigenvalue weighted by Gasteiger charge is -2.36. The van der Waals surface area contributed by atoms with E-state index in [0.29, 0.717) is 5.91 Å². The molecule has 16 heavy (non-hydrogen) atoms. The van der Waals surface area contributed by atoms with Crippen LogP contribution in [0, 0.1) is 0 Å². The van der Waals surface area contributed by atoms with E-state index >= 15 is 0 Å². The van der Waals surface area contributed by atoms with Crippen molar-refractivity contribution in [1.29, 1.82) is 0 Å². The van der Waals surface area contributed by atoms with Crippen LogP contribution in [0.15, 0.2) is 0 Å². The highest BCUT2D eigenvalue weighted by atomic mass is 32.2. The first-order chi connectivity index (χ1) is 7.81. The lowest BCUT2D eigenvalue weighted by atomic mass is 10.2. The van der Waals surface area contributed by atoms with Gasteiger partial charge in [-0.2, -0.15) is 11.8 Å². The van der Waals surface area contributed by atoms with Crippen molar-refractivity contribution in [2.75, 3.05) is 50.8 Å². The van der Waals surface area contributed by atoms with E-state index in [2.05, 4.69) is 17.1 Å². The van der Waals surface area contributed by atoms with Crippen molar-refractivity contribution in [1.82, 2.24) is 15.1 Å². The first-order valence-corrected chi connectivity index (χ1v) is 7.29. The maximum atomic E-state index is 12.2. The molecule has 4 nitrogen and oxygen atoms in total. The normalized spacial score (nSPS) is 28.1. The van der Waals surface area contributed by atoms with Crippen molar-refractivity contribution >= 4 is 17.7 Å². The number of nitrogens with one attached hydrogen (secondary N) is 1. The molecule has 5 heteroatoms. The van der Waals surface area contributed by atoms with Crippen LogP contribution in [0.4, 0.5) is 0 Å². The molecule has 0 aliphatic carbocycles. The molecule has 1 N–H and O–H groups in total. The first kappa shape index (κ1) is 12.2. The summed E-state index contributed by atoms with van der Waals surface area (Å²) in [7, 11) is 0. The second-order valence-corrected chi connectivity index (χ2v) is 5.49. The standard InChI is InChI=1S/C11H21N3OS/c1-2-13-4-6-14(7-5-13)11(15)10-9-16-8-3-12-10/h10,12H,2-9H2,1H3. The second-order valence-electron chi connectivity index (χ2n) is 4.34. The predicted molar refractivity (Wildman–Crippen MR) is 67.8 cm³/mol. The summed E-state index contributed by atoms with van der Waals surface area (Å²) in [5, 5.41) is 3.32. The summed E-state index contributed by atoms with van der Waals surface area (Å²) in [6.07, 6.45) is 0. The fourth-order valence-corrected chi connectivity index (χ4v) is 3.15. The number of nitrogens with zero attached hydrogens (tertiary/aromatic N) is 2. The Bertz CT molecular complexity index is 235. The monoisotopic (exact) mass is 243 g/mol. The maximum Gasteiger partial charge on any atom is 0.240 e. The minimum Gasteiger partial charge on any atom is -0.339 e. The molecule has 0 aromatic heterocycles. The largest absolute Gasteiger partial charge is 0.339 e. The smallest absolute Gasteiger partial charge is 0.240 e. The van der Waals surface area contributed by atoms with Crippen molar-refractivity contribution in [3.8, 4) is 0 Å². The third-order valence-corrected chi connectivity index (χ3v) is 4.41. The van der Waals surface area contributed by atoms with Crippen LogP contribution in [0.3, 0.4) is 0 Å². The molecule has 92 valence electrons. The number of piperazine rings is 1. The third kappa shape index (κ3) is 2.90. The number of amides is 1. The molecule has 2 rings (SSSR count). The molecule has 2 aliphatic rings. The van der Waals surface area contributed by atoms with Crippen molar-refractivity contribution in [2.24, 2.45) is 0 Å². The van der Waals surface area contributed by atoms with Crippen LogP contribution in [0.1, 0.15) is 6.92 Å². The molecular formula is C11H21N3OS. The summed E-state index contributed by atoms with van der Waals surface area (Å²) in [6, 6.07) is 0.0620. The van der Waals surface area contributed by atoms with Gasteiger partial charge < -0.3 is 15.1 Å². The van der Waals surface area contributed by atoms with Crippen LogP contribution < -0.4 is 5.32 Å². The quantitative estimate of drug-likeness (QED) is 0.732. The van der Waals surface area contributed by atoms with Crippen LogP contribution in [0.2, 0.25) is 0 Å². The van der Waals surface area contributed by atoms with Crippen LogP contribution in [-0.2, 0) is 4.79 Å². The topological polar surface area (TPSA) is 35.6 Å². The zero-order valence-corrected chi connectivity index (χ0v) is 10.8. The molecule has 0 spiro atoms. The number of rotatable bonds is 2. The Labute approximate surface area is 102 Å².